The first kappa shape index (κ1) is 31.3. The van der Waals surface area contributed by atoms with Crippen molar-refractivity contribution < 1.29 is 0 Å². The third kappa shape index (κ3) is 8.51. The van der Waals surface area contributed by atoms with Crippen molar-refractivity contribution in [2.45, 2.75) is 64.5 Å². The van der Waals surface area contributed by atoms with Crippen molar-refractivity contribution in [2.24, 2.45) is 9.98 Å². The molecule has 2 heterocycles. The molecule has 4 aromatic carbocycles. The molecule has 6 rings (SSSR count). The quantitative estimate of drug-likeness (QED) is 0.104. The van der Waals surface area contributed by atoms with E-state index >= 15 is 0 Å². The molecule has 0 saturated heterocycles. The first-order chi connectivity index (χ1) is 22.8. The lowest BCUT2D eigenvalue weighted by atomic mass is 10.1. The summed E-state index contributed by atoms with van der Waals surface area (Å²) in [7, 11) is 0. The van der Waals surface area contributed by atoms with Crippen LogP contribution in [0.25, 0.3) is 21.8 Å². The number of nitrogens with zero attached hydrogens (tertiary/aromatic N) is 4. The number of aromatic nitrogens is 2. The Morgan fingerprint density at radius 3 is 1.17 bits per heavy atom. The summed E-state index contributed by atoms with van der Waals surface area (Å²) in [5, 5.41) is 4.69. The second-order valence-electron chi connectivity index (χ2n) is 12.3. The van der Waals surface area contributed by atoms with Crippen LogP contribution in [0.2, 0.25) is 0 Å². The lowest BCUT2D eigenvalue weighted by Gasteiger charge is -2.11. The Morgan fingerprint density at radius 1 is 0.370 bits per heavy atom. The van der Waals surface area contributed by atoms with E-state index < -0.39 is 0 Å². The van der Waals surface area contributed by atoms with Crippen LogP contribution in [0.5, 0.6) is 0 Å². The van der Waals surface area contributed by atoms with Gasteiger partial charge in [0, 0.05) is 49.3 Å². The van der Waals surface area contributed by atoms with E-state index in [-0.39, 0.29) is 0 Å². The minimum atomic E-state index is 0.871. The van der Waals surface area contributed by atoms with Gasteiger partial charge in [0.1, 0.15) is 0 Å². The van der Waals surface area contributed by atoms with E-state index in [9.17, 15) is 0 Å². The van der Waals surface area contributed by atoms with Crippen molar-refractivity contribution in [2.75, 3.05) is 13.1 Å². The van der Waals surface area contributed by atoms with Crippen LogP contribution in [0.1, 0.15) is 62.5 Å². The van der Waals surface area contributed by atoms with Gasteiger partial charge in [0.15, 0.2) is 0 Å². The van der Waals surface area contributed by atoms with Gasteiger partial charge in [-0.15, -0.1) is 0 Å². The molecule has 0 radical (unpaired) electrons. The molecule has 2 aromatic heterocycles. The van der Waals surface area contributed by atoms with E-state index in [2.05, 4.69) is 143 Å². The number of hydrogen-bond acceptors (Lipinski definition) is 2. The molecule has 0 aliphatic carbocycles. The van der Waals surface area contributed by atoms with Crippen LogP contribution in [-0.4, -0.2) is 22.2 Å². The van der Waals surface area contributed by atoms with Gasteiger partial charge in [-0.2, -0.15) is 0 Å². The Morgan fingerprint density at radius 2 is 0.739 bits per heavy atom. The van der Waals surface area contributed by atoms with Gasteiger partial charge in [0.2, 0.25) is 0 Å². The number of para-hydroxylation sites is 2. The SMILES string of the molecule is c1ccc(Cn2ccc(=NCCCCCCCCCCN=c3ccn(Cc4ccccc4)c4ccccc34)c3ccccc32)cc1. The molecular formula is C42H46N4. The van der Waals surface area contributed by atoms with Gasteiger partial charge in [0.05, 0.1) is 21.7 Å². The summed E-state index contributed by atoms with van der Waals surface area (Å²) in [5.41, 5.74) is 5.10. The molecule has 4 nitrogen and oxygen atoms in total. The molecule has 4 heteroatoms. The Bertz CT molecular complexity index is 1810. The van der Waals surface area contributed by atoms with E-state index in [0.717, 1.165) is 49.7 Å². The van der Waals surface area contributed by atoms with Crippen LogP contribution in [0.4, 0.5) is 0 Å². The zero-order valence-corrected chi connectivity index (χ0v) is 27.0. The average Bonchev–Trinajstić information content (AvgIpc) is 3.11. The Kier molecular flexibility index (Phi) is 11.3. The van der Waals surface area contributed by atoms with Gasteiger partial charge in [-0.05, 0) is 48.2 Å². The van der Waals surface area contributed by atoms with Gasteiger partial charge in [-0.1, -0.05) is 136 Å². The lowest BCUT2D eigenvalue weighted by Crippen LogP contribution is -2.11. The summed E-state index contributed by atoms with van der Waals surface area (Å²) >= 11 is 0. The number of pyridine rings is 2. The fourth-order valence-electron chi connectivity index (χ4n) is 6.34. The number of benzene rings is 4. The van der Waals surface area contributed by atoms with E-state index in [1.54, 1.807) is 0 Å². The van der Waals surface area contributed by atoms with Gasteiger partial charge in [-0.25, -0.2) is 0 Å². The van der Waals surface area contributed by atoms with Crippen molar-refractivity contribution in [3.05, 3.63) is 156 Å². The zero-order chi connectivity index (χ0) is 31.2. The highest BCUT2D eigenvalue weighted by Crippen LogP contribution is 2.14. The maximum Gasteiger partial charge on any atom is 0.0682 e. The summed E-state index contributed by atoms with van der Waals surface area (Å²) in [6.45, 7) is 3.54. The van der Waals surface area contributed by atoms with E-state index in [0.29, 0.717) is 0 Å². The second kappa shape index (κ2) is 16.6. The van der Waals surface area contributed by atoms with Crippen LogP contribution in [0.15, 0.2) is 144 Å². The van der Waals surface area contributed by atoms with Crippen molar-refractivity contribution >= 4 is 21.8 Å². The predicted octanol–water partition coefficient (Wildman–Crippen LogP) is 9.32. The molecule has 234 valence electrons. The summed E-state index contributed by atoms with van der Waals surface area (Å²) < 4.78 is 4.65. The van der Waals surface area contributed by atoms with Gasteiger partial charge in [0.25, 0.3) is 0 Å². The van der Waals surface area contributed by atoms with Crippen molar-refractivity contribution in [1.82, 2.24) is 9.13 Å². The molecule has 0 spiro atoms. The molecule has 0 unspecified atom stereocenters. The maximum absolute atomic E-state index is 4.99. The lowest BCUT2D eigenvalue weighted by molar-refractivity contribution is 0.571. The second-order valence-corrected chi connectivity index (χ2v) is 12.3. The fraction of sp³-hybridized carbons (Fsp3) is 0.286. The number of rotatable bonds is 15. The molecule has 0 N–H and O–H groups in total. The molecule has 0 bridgehead atoms. The number of hydrogen-bond donors (Lipinski definition) is 0. The predicted molar refractivity (Wildman–Crippen MR) is 193 cm³/mol. The number of unbranched alkanes of at least 4 members (excludes halogenated alkanes) is 7. The topological polar surface area (TPSA) is 34.6 Å². The monoisotopic (exact) mass is 606 g/mol. The third-order valence-corrected chi connectivity index (χ3v) is 8.83. The standard InChI is InChI=1S/C42H46N4/c1(3-5-17-29-43-39-27-31-45(33-35-19-9-7-10-20-35)41-25-15-13-23-37(39)41)2-4-6-18-30-44-40-28-32-46(34-36-21-11-8-12-22-36)42-26-16-14-24-38(40)42/h7-16,19-28,31-32H,1-6,17-18,29-30,33-34H2. The minimum absolute atomic E-state index is 0.871. The molecule has 0 aliphatic heterocycles. The van der Waals surface area contributed by atoms with Crippen LogP contribution in [0, 0.1) is 0 Å². The molecule has 6 aromatic rings. The normalized spacial score (nSPS) is 12.3. The highest BCUT2D eigenvalue weighted by atomic mass is 15.0. The Labute approximate surface area is 273 Å². The fourth-order valence-corrected chi connectivity index (χ4v) is 6.34. The first-order valence-corrected chi connectivity index (χ1v) is 17.1. The zero-order valence-electron chi connectivity index (χ0n) is 27.0. The average molecular weight is 607 g/mol. The highest BCUT2D eigenvalue weighted by molar-refractivity contribution is 5.79. The highest BCUT2D eigenvalue weighted by Gasteiger charge is 2.04. The van der Waals surface area contributed by atoms with Crippen LogP contribution in [0.3, 0.4) is 0 Å². The van der Waals surface area contributed by atoms with Gasteiger partial charge >= 0.3 is 0 Å². The minimum Gasteiger partial charge on any atom is -0.343 e. The maximum atomic E-state index is 4.99. The van der Waals surface area contributed by atoms with Crippen molar-refractivity contribution in [1.29, 1.82) is 0 Å². The molecular weight excluding hydrogens is 560 g/mol. The summed E-state index contributed by atoms with van der Waals surface area (Å²) in [6, 6.07) is 43.0. The summed E-state index contributed by atoms with van der Waals surface area (Å²) in [5.74, 6) is 0. The van der Waals surface area contributed by atoms with Crippen LogP contribution < -0.4 is 10.7 Å². The Balaban J connectivity index is 0.903. The molecule has 0 atom stereocenters. The number of fused-ring (bicyclic) bond motifs is 2. The van der Waals surface area contributed by atoms with Gasteiger partial charge < -0.3 is 9.13 Å². The van der Waals surface area contributed by atoms with Crippen LogP contribution >= 0.6 is 0 Å². The smallest absolute Gasteiger partial charge is 0.0682 e. The molecule has 46 heavy (non-hydrogen) atoms. The summed E-state index contributed by atoms with van der Waals surface area (Å²) in [6.07, 6.45) is 14.4. The third-order valence-electron chi connectivity index (χ3n) is 8.83. The van der Waals surface area contributed by atoms with E-state index in [1.807, 2.05) is 0 Å². The van der Waals surface area contributed by atoms with E-state index in [1.165, 1.54) is 71.5 Å². The van der Waals surface area contributed by atoms with E-state index in [4.69, 9.17) is 9.98 Å². The molecule has 0 fully saturated rings. The van der Waals surface area contributed by atoms with Crippen molar-refractivity contribution in [3.8, 4) is 0 Å². The molecule has 0 amide bonds. The molecule has 0 aliphatic rings. The summed E-state index contributed by atoms with van der Waals surface area (Å²) in [4.78, 5) is 9.98. The Hall–Kier alpha value is -4.70. The van der Waals surface area contributed by atoms with Crippen molar-refractivity contribution in [3.63, 3.8) is 0 Å². The largest absolute Gasteiger partial charge is 0.343 e. The first-order valence-electron chi connectivity index (χ1n) is 17.1. The van der Waals surface area contributed by atoms with Gasteiger partial charge in [-0.3, -0.25) is 9.98 Å². The van der Waals surface area contributed by atoms with Crippen LogP contribution in [-0.2, 0) is 13.1 Å². The molecule has 0 saturated carbocycles.